The molecule has 0 bridgehead atoms. The van der Waals surface area contributed by atoms with Crippen molar-refractivity contribution in [3.05, 3.63) is 29.8 Å². The summed E-state index contributed by atoms with van der Waals surface area (Å²) in [4.78, 5) is 2.00. The van der Waals surface area contributed by atoms with Crippen molar-refractivity contribution in [2.24, 2.45) is 0 Å². The second-order valence-electron chi connectivity index (χ2n) is 3.66. The Hall–Kier alpha value is -1.06. The van der Waals surface area contributed by atoms with Gasteiger partial charge >= 0.3 is 0 Å². The average molecular weight is 209 g/mol. The molecule has 1 atom stereocenters. The monoisotopic (exact) mass is 209 g/mol. The summed E-state index contributed by atoms with van der Waals surface area (Å²) in [6.07, 6.45) is 0. The topological polar surface area (TPSA) is 32.7 Å². The van der Waals surface area contributed by atoms with Crippen LogP contribution in [0.3, 0.4) is 0 Å². The Balaban J connectivity index is 2.77. The van der Waals surface area contributed by atoms with Gasteiger partial charge in [-0.25, -0.2) is 0 Å². The summed E-state index contributed by atoms with van der Waals surface area (Å²) in [5, 5.41) is 9.25. The first-order chi connectivity index (χ1) is 7.19. The van der Waals surface area contributed by atoms with Crippen LogP contribution in [-0.2, 0) is 0 Å². The molecule has 0 saturated heterocycles. The number of nitrogens with zero attached hydrogens (tertiary/aromatic N) is 1. The summed E-state index contributed by atoms with van der Waals surface area (Å²) >= 11 is 0. The number of hydrogen-bond acceptors (Lipinski definition) is 3. The highest BCUT2D eigenvalue weighted by atomic mass is 16.5. The van der Waals surface area contributed by atoms with E-state index in [1.54, 1.807) is 0 Å². The number of hydrogen-bond donors (Lipinski definition) is 1. The standard InChI is InChI=1S/C12H19NO2/c1-4-15-11-7-5-10(6-8-11)12(9-14)13(2)3/h5-8,12,14H,4,9H2,1-3H3/t12-/m0/s1. The molecule has 0 aromatic heterocycles. The molecule has 15 heavy (non-hydrogen) atoms. The Labute approximate surface area is 91.3 Å². The molecule has 0 heterocycles. The molecule has 0 amide bonds. The summed E-state index contributed by atoms with van der Waals surface area (Å²) in [6.45, 7) is 2.77. The fourth-order valence-corrected chi connectivity index (χ4v) is 1.52. The lowest BCUT2D eigenvalue weighted by atomic mass is 10.1. The van der Waals surface area contributed by atoms with Crippen LogP contribution in [-0.4, -0.2) is 37.3 Å². The fourth-order valence-electron chi connectivity index (χ4n) is 1.52. The molecule has 1 N–H and O–H groups in total. The van der Waals surface area contributed by atoms with E-state index in [2.05, 4.69) is 0 Å². The number of benzene rings is 1. The van der Waals surface area contributed by atoms with Crippen LogP contribution in [0, 0.1) is 0 Å². The highest BCUT2D eigenvalue weighted by Gasteiger charge is 2.12. The van der Waals surface area contributed by atoms with Crippen molar-refractivity contribution in [2.75, 3.05) is 27.3 Å². The minimum absolute atomic E-state index is 0.0562. The third-order valence-corrected chi connectivity index (χ3v) is 2.37. The molecule has 1 aromatic carbocycles. The molecule has 3 heteroatoms. The first kappa shape index (κ1) is 12.0. The summed E-state index contributed by atoms with van der Waals surface area (Å²) in [7, 11) is 3.91. The van der Waals surface area contributed by atoms with E-state index in [4.69, 9.17) is 4.74 Å². The van der Waals surface area contributed by atoms with E-state index < -0.39 is 0 Å². The van der Waals surface area contributed by atoms with Crippen LogP contribution in [0.2, 0.25) is 0 Å². The maximum absolute atomic E-state index is 9.25. The van der Waals surface area contributed by atoms with E-state index in [1.807, 2.05) is 50.2 Å². The van der Waals surface area contributed by atoms with Crippen LogP contribution in [0.15, 0.2) is 24.3 Å². The number of aliphatic hydroxyl groups excluding tert-OH is 1. The highest BCUT2D eigenvalue weighted by Crippen LogP contribution is 2.20. The van der Waals surface area contributed by atoms with Gasteiger partial charge in [0.05, 0.1) is 19.3 Å². The van der Waals surface area contributed by atoms with Crippen molar-refractivity contribution in [3.63, 3.8) is 0 Å². The second-order valence-corrected chi connectivity index (χ2v) is 3.66. The van der Waals surface area contributed by atoms with Gasteiger partial charge in [0.2, 0.25) is 0 Å². The molecular formula is C12H19NO2. The van der Waals surface area contributed by atoms with Gasteiger partial charge in [-0.15, -0.1) is 0 Å². The van der Waals surface area contributed by atoms with Crippen LogP contribution >= 0.6 is 0 Å². The predicted molar refractivity (Wildman–Crippen MR) is 61.1 cm³/mol. The number of rotatable bonds is 5. The summed E-state index contributed by atoms with van der Waals surface area (Å²) < 4.78 is 5.36. The van der Waals surface area contributed by atoms with Crippen LogP contribution < -0.4 is 4.74 Å². The van der Waals surface area contributed by atoms with Crippen molar-refractivity contribution in [1.29, 1.82) is 0 Å². The van der Waals surface area contributed by atoms with Gasteiger partial charge in [0, 0.05) is 0 Å². The van der Waals surface area contributed by atoms with Crippen LogP contribution in [0.5, 0.6) is 5.75 Å². The molecule has 0 aliphatic heterocycles. The van der Waals surface area contributed by atoms with E-state index in [0.29, 0.717) is 6.61 Å². The zero-order valence-corrected chi connectivity index (χ0v) is 9.60. The van der Waals surface area contributed by atoms with Crippen LogP contribution in [0.4, 0.5) is 0 Å². The molecule has 0 fully saturated rings. The smallest absolute Gasteiger partial charge is 0.119 e. The maximum Gasteiger partial charge on any atom is 0.119 e. The lowest BCUT2D eigenvalue weighted by molar-refractivity contribution is 0.170. The second kappa shape index (κ2) is 5.73. The molecular weight excluding hydrogens is 190 g/mol. The van der Waals surface area contributed by atoms with Crippen LogP contribution in [0.25, 0.3) is 0 Å². The molecule has 3 nitrogen and oxygen atoms in total. The van der Waals surface area contributed by atoms with E-state index >= 15 is 0 Å². The minimum atomic E-state index is 0.0562. The van der Waals surface area contributed by atoms with E-state index in [1.165, 1.54) is 0 Å². The van der Waals surface area contributed by atoms with Gasteiger partial charge in [-0.3, -0.25) is 0 Å². The normalized spacial score (nSPS) is 12.9. The predicted octanol–water partition coefficient (Wildman–Crippen LogP) is 1.68. The Morgan fingerprint density at radius 1 is 1.27 bits per heavy atom. The quantitative estimate of drug-likeness (QED) is 0.801. The van der Waals surface area contributed by atoms with Crippen molar-refractivity contribution < 1.29 is 9.84 Å². The first-order valence-corrected chi connectivity index (χ1v) is 5.19. The van der Waals surface area contributed by atoms with E-state index in [0.717, 1.165) is 11.3 Å². The highest BCUT2D eigenvalue weighted by molar-refractivity contribution is 5.29. The molecule has 0 unspecified atom stereocenters. The number of ether oxygens (including phenoxy) is 1. The Bertz CT molecular complexity index is 282. The van der Waals surface area contributed by atoms with Crippen LogP contribution in [0.1, 0.15) is 18.5 Å². The zero-order chi connectivity index (χ0) is 11.3. The molecule has 0 saturated carbocycles. The molecule has 0 spiro atoms. The van der Waals surface area contributed by atoms with Crippen molar-refractivity contribution in [2.45, 2.75) is 13.0 Å². The van der Waals surface area contributed by atoms with Gasteiger partial charge in [0.15, 0.2) is 0 Å². The zero-order valence-electron chi connectivity index (χ0n) is 9.60. The minimum Gasteiger partial charge on any atom is -0.494 e. The van der Waals surface area contributed by atoms with Crippen molar-refractivity contribution in [3.8, 4) is 5.75 Å². The Morgan fingerprint density at radius 2 is 1.87 bits per heavy atom. The SMILES string of the molecule is CCOc1ccc([C@H](CO)N(C)C)cc1. The summed E-state index contributed by atoms with van der Waals surface area (Å²) in [6, 6.07) is 7.91. The molecule has 1 rings (SSSR count). The largest absolute Gasteiger partial charge is 0.494 e. The molecule has 84 valence electrons. The molecule has 0 radical (unpaired) electrons. The lowest BCUT2D eigenvalue weighted by Crippen LogP contribution is -2.22. The number of aliphatic hydroxyl groups is 1. The third kappa shape index (κ3) is 3.22. The first-order valence-electron chi connectivity index (χ1n) is 5.19. The van der Waals surface area contributed by atoms with Gasteiger partial charge < -0.3 is 14.7 Å². The van der Waals surface area contributed by atoms with Gasteiger partial charge in [0.1, 0.15) is 5.75 Å². The summed E-state index contributed by atoms with van der Waals surface area (Å²) in [5.74, 6) is 0.872. The lowest BCUT2D eigenvalue weighted by Gasteiger charge is -2.22. The Kier molecular flexibility index (Phi) is 4.59. The Morgan fingerprint density at radius 3 is 2.27 bits per heavy atom. The molecule has 0 aliphatic rings. The van der Waals surface area contributed by atoms with Crippen molar-refractivity contribution >= 4 is 0 Å². The number of likely N-dealkylation sites (N-methyl/N-ethyl adjacent to an activating group) is 1. The van der Waals surface area contributed by atoms with Gasteiger partial charge in [-0.2, -0.15) is 0 Å². The molecule has 1 aromatic rings. The van der Waals surface area contributed by atoms with Crippen molar-refractivity contribution in [1.82, 2.24) is 4.90 Å². The van der Waals surface area contributed by atoms with Gasteiger partial charge in [0.25, 0.3) is 0 Å². The van der Waals surface area contributed by atoms with Gasteiger partial charge in [-0.05, 0) is 38.7 Å². The van der Waals surface area contributed by atoms with E-state index in [-0.39, 0.29) is 12.6 Å². The molecule has 0 aliphatic carbocycles. The fraction of sp³-hybridized carbons (Fsp3) is 0.500. The van der Waals surface area contributed by atoms with Gasteiger partial charge in [-0.1, -0.05) is 12.1 Å². The average Bonchev–Trinajstić information content (AvgIpc) is 2.21. The summed E-state index contributed by atoms with van der Waals surface area (Å²) in [5.41, 5.74) is 1.10. The third-order valence-electron chi connectivity index (χ3n) is 2.37. The van der Waals surface area contributed by atoms with E-state index in [9.17, 15) is 5.11 Å². The maximum atomic E-state index is 9.25.